The van der Waals surface area contributed by atoms with Crippen LogP contribution in [0.1, 0.15) is 0 Å². The number of anilines is 2. The highest BCUT2D eigenvalue weighted by Crippen LogP contribution is 2.28. The Hall–Kier alpha value is -2.50. The highest BCUT2D eigenvalue weighted by molar-refractivity contribution is 5.59. The molecular weight excluding hydrogens is 290 g/mol. The Morgan fingerprint density at radius 1 is 0.773 bits per heavy atom. The number of likely N-dealkylation sites (N-methyl/N-ethyl adjacent to an activating group) is 2. The molecule has 2 rings (SSSR count). The predicted molar refractivity (Wildman–Crippen MR) is 82.7 cm³/mol. The van der Waals surface area contributed by atoms with Gasteiger partial charge in [-0.05, 0) is 24.3 Å². The second-order valence-corrected chi connectivity index (χ2v) is 5.11. The molecule has 0 bridgehead atoms. The van der Waals surface area contributed by atoms with Crippen molar-refractivity contribution in [3.8, 4) is 11.5 Å². The molecular formula is C16H18F2N2O2. The lowest BCUT2D eigenvalue weighted by Gasteiger charge is -2.26. The van der Waals surface area contributed by atoms with Gasteiger partial charge in [0.15, 0.2) is 0 Å². The molecule has 2 aromatic rings. The van der Waals surface area contributed by atoms with Crippen LogP contribution in [0.2, 0.25) is 0 Å². The van der Waals surface area contributed by atoms with E-state index < -0.39 is 11.6 Å². The molecule has 4 nitrogen and oxygen atoms in total. The fourth-order valence-corrected chi connectivity index (χ4v) is 2.15. The maximum Gasteiger partial charge on any atom is 0.139 e. The van der Waals surface area contributed by atoms with Crippen molar-refractivity contribution in [2.75, 3.05) is 37.0 Å². The first kappa shape index (κ1) is 15.9. The van der Waals surface area contributed by atoms with E-state index in [1.165, 1.54) is 36.4 Å². The number of nitrogens with zero attached hydrogens (tertiary/aromatic N) is 2. The third-order valence-electron chi connectivity index (χ3n) is 3.47. The van der Waals surface area contributed by atoms with Crippen LogP contribution < -0.4 is 9.80 Å². The van der Waals surface area contributed by atoms with E-state index in [2.05, 4.69) is 0 Å². The minimum atomic E-state index is -0.434. The zero-order valence-electron chi connectivity index (χ0n) is 12.4. The van der Waals surface area contributed by atoms with Gasteiger partial charge < -0.3 is 20.0 Å². The second kappa shape index (κ2) is 6.51. The lowest BCUT2D eigenvalue weighted by atomic mass is 10.2. The first-order valence-corrected chi connectivity index (χ1v) is 6.78. The molecule has 0 amide bonds. The van der Waals surface area contributed by atoms with Crippen molar-refractivity contribution < 1.29 is 19.0 Å². The van der Waals surface area contributed by atoms with Gasteiger partial charge in [0.05, 0.1) is 11.4 Å². The number of aromatic hydroxyl groups is 2. The van der Waals surface area contributed by atoms with E-state index in [1.54, 1.807) is 23.9 Å². The lowest BCUT2D eigenvalue weighted by molar-refractivity contribution is 0.470. The summed E-state index contributed by atoms with van der Waals surface area (Å²) < 4.78 is 26.5. The Balaban J connectivity index is 2.05. The van der Waals surface area contributed by atoms with Gasteiger partial charge in [-0.15, -0.1) is 0 Å². The molecule has 6 heteroatoms. The largest absolute Gasteiger partial charge is 0.506 e. The van der Waals surface area contributed by atoms with Crippen molar-refractivity contribution >= 4 is 11.4 Å². The minimum absolute atomic E-state index is 0.0137. The van der Waals surface area contributed by atoms with Crippen molar-refractivity contribution in [2.24, 2.45) is 0 Å². The Labute approximate surface area is 127 Å². The average Bonchev–Trinajstić information content (AvgIpc) is 2.49. The third kappa shape index (κ3) is 3.58. The Kier molecular flexibility index (Phi) is 4.70. The summed E-state index contributed by atoms with van der Waals surface area (Å²) in [5.41, 5.74) is 0.744. The first-order chi connectivity index (χ1) is 10.4. The summed E-state index contributed by atoms with van der Waals surface area (Å²) in [7, 11) is 3.43. The van der Waals surface area contributed by atoms with Crippen molar-refractivity contribution in [1.29, 1.82) is 0 Å². The lowest BCUT2D eigenvalue weighted by Crippen LogP contribution is -2.30. The van der Waals surface area contributed by atoms with Gasteiger partial charge in [-0.3, -0.25) is 0 Å². The van der Waals surface area contributed by atoms with Crippen molar-refractivity contribution in [3.05, 3.63) is 48.0 Å². The summed E-state index contributed by atoms with van der Waals surface area (Å²) in [6, 6.07) is 7.45. The van der Waals surface area contributed by atoms with Crippen LogP contribution in [0.15, 0.2) is 36.4 Å². The number of phenols is 2. The SMILES string of the molecule is CN(CCN(C)c1cc(F)ccc1O)c1cc(F)ccc1O. The molecule has 0 radical (unpaired) electrons. The fraction of sp³-hybridized carbons (Fsp3) is 0.250. The van der Waals surface area contributed by atoms with E-state index in [-0.39, 0.29) is 11.5 Å². The maximum atomic E-state index is 13.2. The monoisotopic (exact) mass is 308 g/mol. The molecule has 0 heterocycles. The molecule has 0 aliphatic rings. The van der Waals surface area contributed by atoms with Crippen molar-refractivity contribution in [3.63, 3.8) is 0 Å². The van der Waals surface area contributed by atoms with Crippen LogP contribution in [0, 0.1) is 11.6 Å². The molecule has 2 aromatic carbocycles. The van der Waals surface area contributed by atoms with Gasteiger partial charge in [-0.25, -0.2) is 8.78 Å². The van der Waals surface area contributed by atoms with E-state index in [0.29, 0.717) is 24.5 Å². The number of halogens is 2. The molecule has 2 N–H and O–H groups in total. The number of hydrogen-bond donors (Lipinski definition) is 2. The zero-order valence-corrected chi connectivity index (χ0v) is 12.4. The molecule has 118 valence electrons. The summed E-state index contributed by atoms with van der Waals surface area (Å²) >= 11 is 0. The van der Waals surface area contributed by atoms with Gasteiger partial charge in [0, 0.05) is 39.3 Å². The van der Waals surface area contributed by atoms with Crippen LogP contribution in [0.3, 0.4) is 0 Å². The number of benzene rings is 2. The van der Waals surface area contributed by atoms with Gasteiger partial charge in [-0.2, -0.15) is 0 Å². The number of rotatable bonds is 5. The summed E-state index contributed by atoms with van der Waals surface area (Å²) in [4.78, 5) is 3.37. The van der Waals surface area contributed by atoms with Crippen molar-refractivity contribution in [1.82, 2.24) is 0 Å². The minimum Gasteiger partial charge on any atom is -0.506 e. The zero-order chi connectivity index (χ0) is 16.3. The first-order valence-electron chi connectivity index (χ1n) is 6.78. The van der Waals surface area contributed by atoms with Crippen LogP contribution >= 0.6 is 0 Å². The quantitative estimate of drug-likeness (QED) is 0.891. The Morgan fingerprint density at radius 3 is 1.50 bits per heavy atom. The highest BCUT2D eigenvalue weighted by atomic mass is 19.1. The highest BCUT2D eigenvalue weighted by Gasteiger charge is 2.12. The molecule has 0 aromatic heterocycles. The van der Waals surface area contributed by atoms with Crippen LogP contribution in [-0.2, 0) is 0 Å². The number of hydrogen-bond acceptors (Lipinski definition) is 4. The maximum absolute atomic E-state index is 13.2. The van der Waals surface area contributed by atoms with Crippen molar-refractivity contribution in [2.45, 2.75) is 0 Å². The van der Waals surface area contributed by atoms with Gasteiger partial charge in [0.2, 0.25) is 0 Å². The molecule has 0 aliphatic heterocycles. The van der Waals surface area contributed by atoms with Gasteiger partial charge in [-0.1, -0.05) is 0 Å². The smallest absolute Gasteiger partial charge is 0.139 e. The van der Waals surface area contributed by atoms with Crippen LogP contribution in [0.5, 0.6) is 11.5 Å². The molecule has 22 heavy (non-hydrogen) atoms. The molecule has 0 aliphatic carbocycles. The molecule has 0 atom stereocenters. The van der Waals surface area contributed by atoms with Crippen LogP contribution in [0.25, 0.3) is 0 Å². The Bertz CT molecular complexity index is 607. The second-order valence-electron chi connectivity index (χ2n) is 5.11. The standard InChI is InChI=1S/C16H18F2N2O2/c1-19(13-9-11(17)3-5-15(13)21)7-8-20(2)14-10-12(18)4-6-16(14)22/h3-6,9-10,21-22H,7-8H2,1-2H3. The summed E-state index contributed by atoms with van der Waals surface area (Å²) in [6.45, 7) is 0.896. The molecule has 0 saturated carbocycles. The fourth-order valence-electron chi connectivity index (χ4n) is 2.15. The van der Waals surface area contributed by atoms with E-state index in [1.807, 2.05) is 0 Å². The van der Waals surface area contributed by atoms with Crippen LogP contribution in [0.4, 0.5) is 20.2 Å². The van der Waals surface area contributed by atoms with E-state index in [4.69, 9.17) is 0 Å². The molecule has 0 spiro atoms. The molecule has 0 unspecified atom stereocenters. The predicted octanol–water partition coefficient (Wildman–Crippen LogP) is 2.95. The Morgan fingerprint density at radius 2 is 1.14 bits per heavy atom. The molecule has 0 saturated heterocycles. The molecule has 0 fully saturated rings. The number of phenolic OH excluding ortho intramolecular Hbond substituents is 2. The topological polar surface area (TPSA) is 46.9 Å². The van der Waals surface area contributed by atoms with E-state index >= 15 is 0 Å². The van der Waals surface area contributed by atoms with Crippen LogP contribution in [-0.4, -0.2) is 37.4 Å². The summed E-state index contributed by atoms with van der Waals surface area (Å²) in [6.07, 6.45) is 0. The van der Waals surface area contributed by atoms with E-state index in [9.17, 15) is 19.0 Å². The average molecular weight is 308 g/mol. The summed E-state index contributed by atoms with van der Waals surface area (Å²) in [5, 5.41) is 19.5. The third-order valence-corrected chi connectivity index (χ3v) is 3.47. The van der Waals surface area contributed by atoms with Gasteiger partial charge in [0.25, 0.3) is 0 Å². The van der Waals surface area contributed by atoms with Gasteiger partial charge >= 0.3 is 0 Å². The summed E-state index contributed by atoms with van der Waals surface area (Å²) in [5.74, 6) is -0.896. The normalized spacial score (nSPS) is 10.5. The van der Waals surface area contributed by atoms with Gasteiger partial charge in [0.1, 0.15) is 23.1 Å². The van der Waals surface area contributed by atoms with E-state index in [0.717, 1.165) is 0 Å².